The Hall–Kier alpha value is -2.20. The van der Waals surface area contributed by atoms with Crippen molar-refractivity contribution in [2.24, 2.45) is 0 Å². The van der Waals surface area contributed by atoms with Crippen molar-refractivity contribution in [2.75, 3.05) is 0 Å². The van der Waals surface area contributed by atoms with Gasteiger partial charge in [0, 0.05) is 6.54 Å². The van der Waals surface area contributed by atoms with Crippen molar-refractivity contribution in [1.29, 1.82) is 5.26 Å². The summed E-state index contributed by atoms with van der Waals surface area (Å²) >= 11 is 0.990. The zero-order valence-corrected chi connectivity index (χ0v) is 10.3. The van der Waals surface area contributed by atoms with Crippen LogP contribution in [0.2, 0.25) is 0 Å². The standard InChI is InChI=1S/C11H9N3O3S/c1-6-7-9(18-8(6)11(16)17)13-5-14(10(7)15)4-2-3-12/h5H,2,4H2,1H3,(H,16,17). The SMILES string of the molecule is Cc1c(C(=O)O)sc2ncn(CCC#N)c(=O)c12. The Morgan fingerprint density at radius 2 is 2.39 bits per heavy atom. The number of aryl methyl sites for hydroxylation is 2. The van der Waals surface area contributed by atoms with Crippen LogP contribution in [0.15, 0.2) is 11.1 Å². The molecule has 6 nitrogen and oxygen atoms in total. The normalized spacial score (nSPS) is 10.4. The molecule has 2 aromatic rings. The van der Waals surface area contributed by atoms with Crippen LogP contribution in [0, 0.1) is 18.3 Å². The molecular weight excluding hydrogens is 254 g/mol. The average Bonchev–Trinajstić information content (AvgIpc) is 2.67. The number of carboxylic acid groups (broad SMARTS) is 1. The maximum atomic E-state index is 12.1. The molecule has 0 radical (unpaired) electrons. The van der Waals surface area contributed by atoms with E-state index in [0.29, 0.717) is 15.8 Å². The topological polar surface area (TPSA) is 96.0 Å². The van der Waals surface area contributed by atoms with Crippen molar-refractivity contribution in [3.63, 3.8) is 0 Å². The second kappa shape index (κ2) is 4.58. The molecule has 0 atom stereocenters. The fourth-order valence-corrected chi connectivity index (χ4v) is 2.67. The smallest absolute Gasteiger partial charge is 0.346 e. The van der Waals surface area contributed by atoms with Crippen molar-refractivity contribution in [3.05, 3.63) is 27.1 Å². The summed E-state index contributed by atoms with van der Waals surface area (Å²) in [5, 5.41) is 17.8. The fourth-order valence-electron chi connectivity index (χ4n) is 1.69. The number of aromatic nitrogens is 2. The highest BCUT2D eigenvalue weighted by molar-refractivity contribution is 7.20. The summed E-state index contributed by atoms with van der Waals surface area (Å²) in [6.45, 7) is 1.86. The number of nitrogens with zero attached hydrogens (tertiary/aromatic N) is 3. The number of carboxylic acids is 1. The van der Waals surface area contributed by atoms with E-state index in [1.807, 2.05) is 6.07 Å². The average molecular weight is 263 g/mol. The lowest BCUT2D eigenvalue weighted by molar-refractivity contribution is 0.0701. The Labute approximate surface area is 106 Å². The molecule has 0 unspecified atom stereocenters. The van der Waals surface area contributed by atoms with Crippen molar-refractivity contribution in [1.82, 2.24) is 9.55 Å². The number of hydrogen-bond donors (Lipinski definition) is 1. The molecule has 0 spiro atoms. The number of carbonyl (C=O) groups is 1. The predicted molar refractivity (Wildman–Crippen MR) is 65.8 cm³/mol. The molecular formula is C11H9N3O3S. The summed E-state index contributed by atoms with van der Waals surface area (Å²) in [7, 11) is 0. The third-order valence-electron chi connectivity index (χ3n) is 2.58. The molecule has 2 heterocycles. The van der Waals surface area contributed by atoms with Crippen LogP contribution in [0.4, 0.5) is 0 Å². The zero-order valence-electron chi connectivity index (χ0n) is 9.51. The molecule has 0 aliphatic heterocycles. The van der Waals surface area contributed by atoms with Gasteiger partial charge < -0.3 is 5.11 Å². The summed E-state index contributed by atoms with van der Waals surface area (Å²) in [6.07, 6.45) is 1.56. The van der Waals surface area contributed by atoms with Crippen LogP contribution in [-0.4, -0.2) is 20.6 Å². The lowest BCUT2D eigenvalue weighted by Crippen LogP contribution is -2.20. The van der Waals surface area contributed by atoms with Crippen molar-refractivity contribution in [2.45, 2.75) is 19.9 Å². The van der Waals surface area contributed by atoms with Gasteiger partial charge in [0.2, 0.25) is 0 Å². The number of hydrogen-bond acceptors (Lipinski definition) is 5. The van der Waals surface area contributed by atoms with Crippen LogP contribution in [0.3, 0.4) is 0 Å². The van der Waals surface area contributed by atoms with Gasteiger partial charge in [-0.25, -0.2) is 9.78 Å². The second-order valence-corrected chi connectivity index (χ2v) is 4.69. The molecule has 0 saturated heterocycles. The largest absolute Gasteiger partial charge is 0.477 e. The van der Waals surface area contributed by atoms with E-state index in [-0.39, 0.29) is 23.4 Å². The van der Waals surface area contributed by atoms with Crippen LogP contribution in [0.1, 0.15) is 21.7 Å². The Morgan fingerprint density at radius 3 is 3.00 bits per heavy atom. The highest BCUT2D eigenvalue weighted by atomic mass is 32.1. The van der Waals surface area contributed by atoms with Crippen molar-refractivity contribution >= 4 is 27.5 Å². The van der Waals surface area contributed by atoms with E-state index in [4.69, 9.17) is 10.4 Å². The summed E-state index contributed by atoms with van der Waals surface area (Å²) in [5.74, 6) is -1.06. The first-order chi connectivity index (χ1) is 8.56. The second-order valence-electron chi connectivity index (χ2n) is 3.69. The summed E-state index contributed by atoms with van der Waals surface area (Å²) < 4.78 is 1.33. The monoisotopic (exact) mass is 263 g/mol. The third-order valence-corrected chi connectivity index (χ3v) is 3.76. The van der Waals surface area contributed by atoms with Gasteiger partial charge in [0.1, 0.15) is 9.71 Å². The van der Waals surface area contributed by atoms with E-state index < -0.39 is 5.97 Å². The highest BCUT2D eigenvalue weighted by Crippen LogP contribution is 2.26. The molecule has 0 saturated carbocycles. The van der Waals surface area contributed by atoms with Gasteiger partial charge >= 0.3 is 5.97 Å². The molecule has 2 aromatic heterocycles. The van der Waals surface area contributed by atoms with Gasteiger partial charge in [-0.1, -0.05) is 0 Å². The van der Waals surface area contributed by atoms with Gasteiger partial charge in [0.15, 0.2) is 0 Å². The molecule has 1 N–H and O–H groups in total. The lowest BCUT2D eigenvalue weighted by Gasteiger charge is -2.01. The van der Waals surface area contributed by atoms with E-state index >= 15 is 0 Å². The molecule has 92 valence electrons. The number of thiophene rings is 1. The third kappa shape index (κ3) is 1.87. The Kier molecular flexibility index (Phi) is 3.12. The van der Waals surface area contributed by atoms with Gasteiger partial charge in [0.25, 0.3) is 5.56 Å². The number of nitriles is 1. The summed E-state index contributed by atoms with van der Waals surface area (Å²) in [6, 6.07) is 1.95. The first-order valence-electron chi connectivity index (χ1n) is 5.15. The van der Waals surface area contributed by atoms with Gasteiger partial charge in [-0.05, 0) is 12.5 Å². The van der Waals surface area contributed by atoms with E-state index in [9.17, 15) is 9.59 Å². The van der Waals surface area contributed by atoms with Crippen LogP contribution < -0.4 is 5.56 Å². The maximum absolute atomic E-state index is 12.1. The van der Waals surface area contributed by atoms with Crippen molar-refractivity contribution < 1.29 is 9.90 Å². The van der Waals surface area contributed by atoms with Crippen LogP contribution in [-0.2, 0) is 6.54 Å². The van der Waals surface area contributed by atoms with Crippen LogP contribution in [0.25, 0.3) is 10.2 Å². The molecule has 18 heavy (non-hydrogen) atoms. The van der Waals surface area contributed by atoms with E-state index in [1.165, 1.54) is 10.9 Å². The van der Waals surface area contributed by atoms with E-state index in [1.54, 1.807) is 6.92 Å². The molecule has 7 heteroatoms. The summed E-state index contributed by atoms with van der Waals surface area (Å²) in [4.78, 5) is 27.7. The Bertz CT molecular complexity index is 723. The summed E-state index contributed by atoms with van der Waals surface area (Å²) in [5.41, 5.74) is 0.141. The van der Waals surface area contributed by atoms with Gasteiger partial charge in [-0.2, -0.15) is 5.26 Å². The van der Waals surface area contributed by atoms with Crippen LogP contribution in [0.5, 0.6) is 0 Å². The lowest BCUT2D eigenvalue weighted by atomic mass is 10.2. The van der Waals surface area contributed by atoms with E-state index in [2.05, 4.69) is 4.98 Å². The maximum Gasteiger partial charge on any atom is 0.346 e. The predicted octanol–water partition coefficient (Wildman–Crippen LogP) is 1.38. The van der Waals surface area contributed by atoms with Gasteiger partial charge in [-0.15, -0.1) is 11.3 Å². The van der Waals surface area contributed by atoms with Crippen molar-refractivity contribution in [3.8, 4) is 6.07 Å². The Morgan fingerprint density at radius 1 is 1.67 bits per heavy atom. The minimum absolute atomic E-state index is 0.132. The van der Waals surface area contributed by atoms with Gasteiger partial charge in [0.05, 0.1) is 24.2 Å². The molecule has 0 bridgehead atoms. The molecule has 0 aliphatic rings. The zero-order chi connectivity index (χ0) is 13.3. The minimum atomic E-state index is -1.06. The molecule has 2 rings (SSSR count). The minimum Gasteiger partial charge on any atom is -0.477 e. The van der Waals surface area contributed by atoms with Crippen LogP contribution >= 0.6 is 11.3 Å². The van der Waals surface area contributed by atoms with Gasteiger partial charge in [-0.3, -0.25) is 9.36 Å². The Balaban J connectivity index is 2.67. The highest BCUT2D eigenvalue weighted by Gasteiger charge is 2.18. The number of fused-ring (bicyclic) bond motifs is 1. The quantitative estimate of drug-likeness (QED) is 0.902. The molecule has 0 aromatic carbocycles. The molecule has 0 fully saturated rings. The fraction of sp³-hybridized carbons (Fsp3) is 0.273. The first kappa shape index (κ1) is 12.3. The van der Waals surface area contributed by atoms with E-state index in [0.717, 1.165) is 11.3 Å². The number of rotatable bonds is 3. The first-order valence-corrected chi connectivity index (χ1v) is 5.96. The molecule has 0 amide bonds. The number of aromatic carboxylic acids is 1. The molecule has 0 aliphatic carbocycles.